The van der Waals surface area contributed by atoms with E-state index in [4.69, 9.17) is 0 Å². The smallest absolute Gasteiger partial charge is 0.261 e. The molecule has 0 N–H and O–H groups in total. The lowest BCUT2D eigenvalue weighted by Gasteiger charge is -2.09. The first-order valence-corrected chi connectivity index (χ1v) is 8.70. The zero-order chi connectivity index (χ0) is 19.1. The van der Waals surface area contributed by atoms with Crippen LogP contribution in [0.15, 0.2) is 78.5 Å². The van der Waals surface area contributed by atoms with E-state index in [-0.39, 0.29) is 17.9 Å². The van der Waals surface area contributed by atoms with E-state index in [1.807, 2.05) is 35.0 Å². The van der Waals surface area contributed by atoms with Crippen LogP contribution in [0.25, 0.3) is 27.7 Å². The van der Waals surface area contributed by atoms with Gasteiger partial charge in [-0.05, 0) is 35.4 Å². The molecule has 0 aliphatic heterocycles. The highest BCUT2D eigenvalue weighted by molar-refractivity contribution is 5.75. The Bertz CT molecular complexity index is 1390. The molecule has 0 saturated heterocycles. The molecule has 5 rings (SSSR count). The Morgan fingerprint density at radius 3 is 2.79 bits per heavy atom. The lowest BCUT2D eigenvalue weighted by atomic mass is 10.0. The fraction of sp³-hybridized carbons (Fsp3) is 0.0476. The van der Waals surface area contributed by atoms with Crippen molar-refractivity contribution in [3.63, 3.8) is 0 Å². The van der Waals surface area contributed by atoms with Crippen molar-refractivity contribution in [2.45, 2.75) is 6.54 Å². The summed E-state index contributed by atoms with van der Waals surface area (Å²) in [5.41, 5.74) is 3.19. The van der Waals surface area contributed by atoms with Crippen molar-refractivity contribution >= 4 is 16.6 Å². The molecule has 0 bridgehead atoms. The lowest BCUT2D eigenvalue weighted by Crippen LogP contribution is -2.21. The maximum atomic E-state index is 14.8. The molecular weight excluding hydrogens is 357 g/mol. The molecule has 0 aliphatic carbocycles. The van der Waals surface area contributed by atoms with E-state index in [1.165, 1.54) is 23.2 Å². The van der Waals surface area contributed by atoms with Crippen LogP contribution in [-0.2, 0) is 6.54 Å². The summed E-state index contributed by atoms with van der Waals surface area (Å²) in [7, 11) is 0. The summed E-state index contributed by atoms with van der Waals surface area (Å²) in [6.45, 7) is 0.108. The molecule has 28 heavy (non-hydrogen) atoms. The van der Waals surface area contributed by atoms with Gasteiger partial charge in [-0.1, -0.05) is 12.1 Å². The highest BCUT2D eigenvalue weighted by Gasteiger charge is 2.10. The molecule has 0 atom stereocenters. The first-order valence-electron chi connectivity index (χ1n) is 8.70. The molecule has 1 aromatic carbocycles. The van der Waals surface area contributed by atoms with Gasteiger partial charge in [-0.15, -0.1) is 0 Å². The minimum absolute atomic E-state index is 0.108. The number of hydrogen-bond donors (Lipinski definition) is 0. The molecule has 5 aromatic rings. The minimum Gasteiger partial charge on any atom is -0.306 e. The number of rotatable bonds is 3. The van der Waals surface area contributed by atoms with E-state index in [9.17, 15) is 9.18 Å². The van der Waals surface area contributed by atoms with Crippen LogP contribution in [0.1, 0.15) is 5.56 Å². The van der Waals surface area contributed by atoms with Gasteiger partial charge in [0.05, 0.1) is 30.0 Å². The monoisotopic (exact) mass is 371 g/mol. The molecule has 0 amide bonds. The first-order chi connectivity index (χ1) is 13.7. The van der Waals surface area contributed by atoms with Gasteiger partial charge in [-0.3, -0.25) is 14.3 Å². The standard InChI is InChI=1S/C21H14FN5O/c22-18-9-14(15-3-4-20-24-7-8-26(20)11-15)1-2-16(18)12-27-13-25-19-10-23-6-5-17(19)21(27)28/h1-11,13H,12H2. The van der Waals surface area contributed by atoms with Gasteiger partial charge in [0.25, 0.3) is 5.56 Å². The van der Waals surface area contributed by atoms with Gasteiger partial charge in [-0.2, -0.15) is 0 Å². The number of fused-ring (bicyclic) bond motifs is 2. The number of pyridine rings is 2. The number of aromatic nitrogens is 5. The average Bonchev–Trinajstić information content (AvgIpc) is 3.19. The van der Waals surface area contributed by atoms with Gasteiger partial charge in [0.2, 0.25) is 0 Å². The van der Waals surface area contributed by atoms with Crippen molar-refractivity contribution < 1.29 is 4.39 Å². The lowest BCUT2D eigenvalue weighted by molar-refractivity contribution is 0.596. The molecule has 4 heterocycles. The Hall–Kier alpha value is -3.87. The maximum absolute atomic E-state index is 14.8. The van der Waals surface area contributed by atoms with E-state index in [0.717, 1.165) is 16.8 Å². The van der Waals surface area contributed by atoms with E-state index >= 15 is 0 Å². The summed E-state index contributed by atoms with van der Waals surface area (Å²) < 4.78 is 18.0. The topological polar surface area (TPSA) is 65.1 Å². The van der Waals surface area contributed by atoms with Crippen LogP contribution < -0.4 is 5.56 Å². The average molecular weight is 371 g/mol. The summed E-state index contributed by atoms with van der Waals surface area (Å²) >= 11 is 0. The summed E-state index contributed by atoms with van der Waals surface area (Å²) in [4.78, 5) is 25.0. The van der Waals surface area contributed by atoms with Crippen LogP contribution in [0.4, 0.5) is 4.39 Å². The molecule has 0 spiro atoms. The largest absolute Gasteiger partial charge is 0.306 e. The Kier molecular flexibility index (Phi) is 3.72. The van der Waals surface area contributed by atoms with Crippen molar-refractivity contribution in [2.24, 2.45) is 0 Å². The number of benzene rings is 1. The van der Waals surface area contributed by atoms with Gasteiger partial charge in [0.15, 0.2) is 0 Å². The second-order valence-corrected chi connectivity index (χ2v) is 6.49. The van der Waals surface area contributed by atoms with Crippen LogP contribution in [0.3, 0.4) is 0 Å². The van der Waals surface area contributed by atoms with Crippen LogP contribution in [0.5, 0.6) is 0 Å². The Morgan fingerprint density at radius 1 is 1.00 bits per heavy atom. The van der Waals surface area contributed by atoms with Gasteiger partial charge >= 0.3 is 0 Å². The second-order valence-electron chi connectivity index (χ2n) is 6.49. The van der Waals surface area contributed by atoms with Crippen LogP contribution >= 0.6 is 0 Å². The third kappa shape index (κ3) is 2.73. The zero-order valence-electron chi connectivity index (χ0n) is 14.7. The van der Waals surface area contributed by atoms with Crippen molar-refractivity contribution in [1.82, 2.24) is 23.9 Å². The highest BCUT2D eigenvalue weighted by Crippen LogP contribution is 2.23. The first kappa shape index (κ1) is 16.3. The Morgan fingerprint density at radius 2 is 1.89 bits per heavy atom. The molecule has 0 aliphatic rings. The molecule has 0 radical (unpaired) electrons. The quantitative estimate of drug-likeness (QED) is 0.488. The van der Waals surface area contributed by atoms with Crippen molar-refractivity contribution in [1.29, 1.82) is 0 Å². The number of halogens is 1. The third-order valence-corrected chi connectivity index (χ3v) is 4.74. The normalized spacial score (nSPS) is 11.3. The molecule has 7 heteroatoms. The van der Waals surface area contributed by atoms with Crippen LogP contribution in [0.2, 0.25) is 0 Å². The van der Waals surface area contributed by atoms with E-state index in [1.54, 1.807) is 24.5 Å². The van der Waals surface area contributed by atoms with Crippen LogP contribution in [-0.4, -0.2) is 23.9 Å². The summed E-state index contributed by atoms with van der Waals surface area (Å²) in [6.07, 6.45) is 9.97. The maximum Gasteiger partial charge on any atom is 0.261 e. The summed E-state index contributed by atoms with van der Waals surface area (Å²) in [5, 5.41) is 0.461. The number of hydrogen-bond acceptors (Lipinski definition) is 4. The summed E-state index contributed by atoms with van der Waals surface area (Å²) in [5.74, 6) is -0.370. The van der Waals surface area contributed by atoms with Gasteiger partial charge in [-0.25, -0.2) is 14.4 Å². The van der Waals surface area contributed by atoms with Crippen molar-refractivity contribution in [3.05, 3.63) is 95.4 Å². The van der Waals surface area contributed by atoms with Gasteiger partial charge < -0.3 is 4.40 Å². The number of imidazole rings is 1. The van der Waals surface area contributed by atoms with Gasteiger partial charge in [0, 0.05) is 30.4 Å². The predicted octanol–water partition coefficient (Wildman–Crippen LogP) is 3.29. The summed E-state index contributed by atoms with van der Waals surface area (Å²) in [6, 6.07) is 10.4. The number of nitrogens with zero attached hydrogens (tertiary/aromatic N) is 5. The molecule has 0 fully saturated rings. The molecule has 0 saturated carbocycles. The van der Waals surface area contributed by atoms with Gasteiger partial charge in [0.1, 0.15) is 11.5 Å². The van der Waals surface area contributed by atoms with Crippen LogP contribution in [0, 0.1) is 5.82 Å². The van der Waals surface area contributed by atoms with E-state index < -0.39 is 0 Å². The van der Waals surface area contributed by atoms with E-state index in [2.05, 4.69) is 15.0 Å². The minimum atomic E-state index is -0.370. The second kappa shape index (κ2) is 6.38. The SMILES string of the molecule is O=c1c2ccncc2ncn1Cc1ccc(-c2ccc3nccn3c2)cc1F. The molecule has 6 nitrogen and oxygen atoms in total. The molecule has 4 aromatic heterocycles. The predicted molar refractivity (Wildman–Crippen MR) is 103 cm³/mol. The molecule has 0 unspecified atom stereocenters. The van der Waals surface area contributed by atoms with Crippen molar-refractivity contribution in [2.75, 3.05) is 0 Å². The van der Waals surface area contributed by atoms with E-state index in [0.29, 0.717) is 16.5 Å². The molecule has 136 valence electrons. The third-order valence-electron chi connectivity index (χ3n) is 4.74. The fourth-order valence-corrected chi connectivity index (χ4v) is 3.25. The Balaban J connectivity index is 1.50. The van der Waals surface area contributed by atoms with Crippen molar-refractivity contribution in [3.8, 4) is 11.1 Å². The molecular formula is C21H14FN5O. The Labute approximate surface area is 158 Å². The highest BCUT2D eigenvalue weighted by atomic mass is 19.1. The fourth-order valence-electron chi connectivity index (χ4n) is 3.25. The zero-order valence-corrected chi connectivity index (χ0v) is 14.7.